The summed E-state index contributed by atoms with van der Waals surface area (Å²) in [6.07, 6.45) is -1.02. The number of rotatable bonds is 9. The van der Waals surface area contributed by atoms with Gasteiger partial charge >= 0.3 is 5.97 Å². The zero-order valence-corrected chi connectivity index (χ0v) is 17.1. The average molecular weight is 410 g/mol. The van der Waals surface area contributed by atoms with E-state index in [4.69, 9.17) is 4.74 Å². The van der Waals surface area contributed by atoms with Crippen LogP contribution in [0.1, 0.15) is 40.1 Å². The van der Waals surface area contributed by atoms with Gasteiger partial charge in [0.15, 0.2) is 0 Å². The normalized spacial score (nSPS) is 15.3. The van der Waals surface area contributed by atoms with Gasteiger partial charge in [0.2, 0.25) is 0 Å². The molecule has 7 heteroatoms. The van der Waals surface area contributed by atoms with Crippen molar-refractivity contribution >= 4 is 17.8 Å². The molecule has 0 saturated heterocycles. The number of fused-ring (bicyclic) bond motifs is 1. The fourth-order valence-corrected chi connectivity index (χ4v) is 3.35. The summed E-state index contributed by atoms with van der Waals surface area (Å²) in [5.41, 5.74) is 1.57. The zero-order valence-electron chi connectivity index (χ0n) is 17.1. The van der Waals surface area contributed by atoms with Gasteiger partial charge in [0.05, 0.1) is 23.8 Å². The molecule has 2 amide bonds. The van der Waals surface area contributed by atoms with Crippen LogP contribution in [0.4, 0.5) is 0 Å². The number of aliphatic hydroxyl groups is 1. The second-order valence-corrected chi connectivity index (χ2v) is 7.64. The molecule has 1 aliphatic heterocycles. The Morgan fingerprint density at radius 2 is 1.57 bits per heavy atom. The Morgan fingerprint density at radius 1 is 1.00 bits per heavy atom. The van der Waals surface area contributed by atoms with Crippen molar-refractivity contribution in [3.63, 3.8) is 0 Å². The van der Waals surface area contributed by atoms with E-state index in [1.165, 1.54) is 0 Å². The van der Waals surface area contributed by atoms with Crippen molar-refractivity contribution in [2.45, 2.75) is 32.6 Å². The molecule has 2 aromatic rings. The van der Waals surface area contributed by atoms with Crippen LogP contribution in [0.2, 0.25) is 0 Å². The number of carbonyl (C=O) groups excluding carboxylic acids is 3. The lowest BCUT2D eigenvalue weighted by Gasteiger charge is -2.24. The number of amides is 2. The van der Waals surface area contributed by atoms with E-state index in [0.29, 0.717) is 11.1 Å². The van der Waals surface area contributed by atoms with Crippen molar-refractivity contribution in [1.82, 2.24) is 10.2 Å². The first-order valence-electron chi connectivity index (χ1n) is 9.95. The molecular weight excluding hydrogens is 384 g/mol. The summed E-state index contributed by atoms with van der Waals surface area (Å²) >= 11 is 0. The Bertz CT molecular complexity index is 878. The second kappa shape index (κ2) is 9.65. The molecule has 0 radical (unpaired) electrons. The lowest BCUT2D eigenvalue weighted by Crippen LogP contribution is -2.48. The second-order valence-electron chi connectivity index (χ2n) is 7.64. The Kier molecular flexibility index (Phi) is 6.97. The molecular formula is C23H26N2O5. The molecule has 1 aliphatic rings. The molecule has 0 bridgehead atoms. The number of benzene rings is 2. The molecule has 3 rings (SSSR count). The van der Waals surface area contributed by atoms with Crippen molar-refractivity contribution in [3.8, 4) is 0 Å². The molecule has 2 aromatic carbocycles. The number of esters is 1. The topological polar surface area (TPSA) is 95.9 Å². The molecule has 2 N–H and O–H groups in total. The summed E-state index contributed by atoms with van der Waals surface area (Å²) in [4.78, 5) is 38.4. The molecule has 0 spiro atoms. The standard InChI is InChI=1S/C23H26N2O5/c1-15(2)20(23(29)30-14-16-8-4-3-5-9-16)24-12-17(26)13-25-21(27)18-10-6-7-11-19(18)22(25)28/h3-11,15,17,20,24,26H,12-14H2,1-2H3/t17?,20-/m0/s1. The number of β-amino-alcohol motifs (C(OH)–C–C–N with tert-alkyl or cyclic N) is 1. The Morgan fingerprint density at radius 3 is 2.13 bits per heavy atom. The number of hydrogen-bond donors (Lipinski definition) is 2. The summed E-state index contributed by atoms with van der Waals surface area (Å²) in [6, 6.07) is 15.3. The lowest BCUT2D eigenvalue weighted by molar-refractivity contribution is -0.148. The Balaban J connectivity index is 1.53. The van der Waals surface area contributed by atoms with E-state index in [-0.39, 0.29) is 25.6 Å². The first-order chi connectivity index (χ1) is 14.4. The minimum absolute atomic E-state index is 0.0384. The maximum atomic E-state index is 12.5. The van der Waals surface area contributed by atoms with E-state index in [1.807, 2.05) is 44.2 Å². The van der Waals surface area contributed by atoms with E-state index in [9.17, 15) is 19.5 Å². The van der Waals surface area contributed by atoms with Gasteiger partial charge in [-0.1, -0.05) is 56.3 Å². The van der Waals surface area contributed by atoms with Crippen LogP contribution in [0.15, 0.2) is 54.6 Å². The van der Waals surface area contributed by atoms with Crippen LogP contribution in [0.25, 0.3) is 0 Å². The van der Waals surface area contributed by atoms with Crippen LogP contribution in [-0.4, -0.2) is 53.0 Å². The number of aliphatic hydroxyl groups excluding tert-OH is 1. The largest absolute Gasteiger partial charge is 0.460 e. The van der Waals surface area contributed by atoms with Crippen LogP contribution in [0.3, 0.4) is 0 Å². The van der Waals surface area contributed by atoms with Gasteiger partial charge in [-0.15, -0.1) is 0 Å². The quantitative estimate of drug-likeness (QED) is 0.485. The Labute approximate surface area is 175 Å². The van der Waals surface area contributed by atoms with E-state index in [0.717, 1.165) is 10.5 Å². The molecule has 2 atom stereocenters. The van der Waals surface area contributed by atoms with Gasteiger partial charge in [0.25, 0.3) is 11.8 Å². The smallest absolute Gasteiger partial charge is 0.323 e. The molecule has 0 aromatic heterocycles. The Hall–Kier alpha value is -3.03. The van der Waals surface area contributed by atoms with E-state index >= 15 is 0 Å². The van der Waals surface area contributed by atoms with Gasteiger partial charge in [-0.2, -0.15) is 0 Å². The third-order valence-electron chi connectivity index (χ3n) is 4.99. The minimum atomic E-state index is -1.02. The average Bonchev–Trinajstić information content (AvgIpc) is 2.98. The fourth-order valence-electron chi connectivity index (χ4n) is 3.35. The number of carbonyl (C=O) groups is 3. The van der Waals surface area contributed by atoms with Crippen LogP contribution in [0.5, 0.6) is 0 Å². The van der Waals surface area contributed by atoms with Crippen molar-refractivity contribution in [1.29, 1.82) is 0 Å². The van der Waals surface area contributed by atoms with Crippen molar-refractivity contribution in [2.24, 2.45) is 5.92 Å². The molecule has 1 unspecified atom stereocenters. The summed E-state index contributed by atoms with van der Waals surface area (Å²) in [5.74, 6) is -1.32. The predicted molar refractivity (Wildman–Crippen MR) is 111 cm³/mol. The van der Waals surface area contributed by atoms with Gasteiger partial charge in [0, 0.05) is 6.54 Å². The van der Waals surface area contributed by atoms with Crippen molar-refractivity contribution in [2.75, 3.05) is 13.1 Å². The zero-order chi connectivity index (χ0) is 21.7. The highest BCUT2D eigenvalue weighted by Crippen LogP contribution is 2.22. The third kappa shape index (κ3) is 4.93. The minimum Gasteiger partial charge on any atom is -0.460 e. The van der Waals surface area contributed by atoms with Crippen LogP contribution in [-0.2, 0) is 16.1 Å². The number of nitrogens with zero attached hydrogens (tertiary/aromatic N) is 1. The number of imide groups is 1. The highest BCUT2D eigenvalue weighted by atomic mass is 16.5. The molecule has 0 fully saturated rings. The van der Waals surface area contributed by atoms with E-state index < -0.39 is 29.9 Å². The van der Waals surface area contributed by atoms with Gasteiger partial charge in [-0.25, -0.2) is 0 Å². The van der Waals surface area contributed by atoms with E-state index in [2.05, 4.69) is 5.32 Å². The summed E-state index contributed by atoms with van der Waals surface area (Å²) in [6.45, 7) is 3.80. The highest BCUT2D eigenvalue weighted by Gasteiger charge is 2.36. The van der Waals surface area contributed by atoms with Crippen LogP contribution < -0.4 is 5.32 Å². The highest BCUT2D eigenvalue weighted by molar-refractivity contribution is 6.21. The predicted octanol–water partition coefficient (Wildman–Crippen LogP) is 2.00. The van der Waals surface area contributed by atoms with Gasteiger partial charge in [-0.05, 0) is 23.6 Å². The molecule has 0 saturated carbocycles. The van der Waals surface area contributed by atoms with Gasteiger partial charge < -0.3 is 15.2 Å². The molecule has 158 valence electrons. The lowest BCUT2D eigenvalue weighted by atomic mass is 10.0. The SMILES string of the molecule is CC(C)[C@H](NCC(O)CN1C(=O)c2ccccc2C1=O)C(=O)OCc1ccccc1. The van der Waals surface area contributed by atoms with Crippen molar-refractivity contribution < 1.29 is 24.2 Å². The summed E-state index contributed by atoms with van der Waals surface area (Å²) in [7, 11) is 0. The fraction of sp³-hybridized carbons (Fsp3) is 0.348. The number of nitrogens with one attached hydrogen (secondary N) is 1. The molecule has 0 aliphatic carbocycles. The van der Waals surface area contributed by atoms with Crippen LogP contribution >= 0.6 is 0 Å². The summed E-state index contributed by atoms with van der Waals surface area (Å²) in [5, 5.41) is 13.4. The number of ether oxygens (including phenoxy) is 1. The number of hydrogen-bond acceptors (Lipinski definition) is 6. The molecule has 1 heterocycles. The van der Waals surface area contributed by atoms with E-state index in [1.54, 1.807) is 24.3 Å². The van der Waals surface area contributed by atoms with Crippen molar-refractivity contribution in [3.05, 3.63) is 71.3 Å². The monoisotopic (exact) mass is 410 g/mol. The van der Waals surface area contributed by atoms with Gasteiger partial charge in [0.1, 0.15) is 12.6 Å². The molecule has 30 heavy (non-hydrogen) atoms. The van der Waals surface area contributed by atoms with Crippen LogP contribution in [0, 0.1) is 5.92 Å². The third-order valence-corrected chi connectivity index (χ3v) is 4.99. The van der Waals surface area contributed by atoms with Gasteiger partial charge in [-0.3, -0.25) is 19.3 Å². The first kappa shape index (κ1) is 21.7. The molecule has 7 nitrogen and oxygen atoms in total. The maximum Gasteiger partial charge on any atom is 0.323 e. The summed E-state index contributed by atoms with van der Waals surface area (Å²) < 4.78 is 5.39. The maximum absolute atomic E-state index is 12.5. The first-order valence-corrected chi connectivity index (χ1v) is 9.95.